The summed E-state index contributed by atoms with van der Waals surface area (Å²) >= 11 is 0. The summed E-state index contributed by atoms with van der Waals surface area (Å²) in [5, 5.41) is 0. The monoisotopic (exact) mass is 267 g/mol. The molecule has 19 heavy (non-hydrogen) atoms. The van der Waals surface area contributed by atoms with Crippen molar-refractivity contribution in [1.29, 1.82) is 0 Å². The SMILES string of the molecule is CCCCC(CC)(CN)CC1CCC2(CCCC2)O1. The number of ether oxygens (including phenoxy) is 1. The van der Waals surface area contributed by atoms with Gasteiger partial charge in [-0.3, -0.25) is 0 Å². The molecule has 2 aliphatic rings. The molecule has 1 aliphatic carbocycles. The van der Waals surface area contributed by atoms with Gasteiger partial charge in [-0.05, 0) is 56.9 Å². The van der Waals surface area contributed by atoms with Crippen molar-refractivity contribution in [3.8, 4) is 0 Å². The molecular formula is C17H33NO. The van der Waals surface area contributed by atoms with Crippen LogP contribution in [0.15, 0.2) is 0 Å². The van der Waals surface area contributed by atoms with Crippen LogP contribution >= 0.6 is 0 Å². The van der Waals surface area contributed by atoms with E-state index < -0.39 is 0 Å². The van der Waals surface area contributed by atoms with Crippen LogP contribution in [0.1, 0.15) is 84.5 Å². The molecule has 1 aliphatic heterocycles. The largest absolute Gasteiger partial charge is 0.372 e. The van der Waals surface area contributed by atoms with Crippen LogP contribution < -0.4 is 5.73 Å². The van der Waals surface area contributed by atoms with Crippen molar-refractivity contribution in [3.05, 3.63) is 0 Å². The Bertz CT molecular complexity index is 266. The first-order valence-corrected chi connectivity index (χ1v) is 8.55. The van der Waals surface area contributed by atoms with Gasteiger partial charge in [0.05, 0.1) is 11.7 Å². The van der Waals surface area contributed by atoms with E-state index in [1.54, 1.807) is 0 Å². The van der Waals surface area contributed by atoms with Crippen molar-refractivity contribution in [2.24, 2.45) is 11.1 Å². The zero-order valence-corrected chi connectivity index (χ0v) is 13.0. The molecule has 0 bridgehead atoms. The summed E-state index contributed by atoms with van der Waals surface area (Å²) < 4.78 is 6.49. The Balaban J connectivity index is 1.90. The second kappa shape index (κ2) is 6.58. The van der Waals surface area contributed by atoms with Crippen LogP contribution in [0.5, 0.6) is 0 Å². The van der Waals surface area contributed by atoms with E-state index in [-0.39, 0.29) is 5.60 Å². The van der Waals surface area contributed by atoms with Gasteiger partial charge in [-0.15, -0.1) is 0 Å². The zero-order valence-electron chi connectivity index (χ0n) is 13.0. The van der Waals surface area contributed by atoms with Gasteiger partial charge in [-0.1, -0.05) is 39.5 Å². The van der Waals surface area contributed by atoms with Crippen molar-refractivity contribution in [3.63, 3.8) is 0 Å². The van der Waals surface area contributed by atoms with Crippen LogP contribution in [-0.2, 0) is 4.74 Å². The van der Waals surface area contributed by atoms with Crippen molar-refractivity contribution in [2.45, 2.75) is 96.2 Å². The molecule has 0 aromatic heterocycles. The maximum Gasteiger partial charge on any atom is 0.0687 e. The third kappa shape index (κ3) is 3.52. The first-order valence-electron chi connectivity index (χ1n) is 8.55. The van der Waals surface area contributed by atoms with Gasteiger partial charge in [0.25, 0.3) is 0 Å². The highest BCUT2D eigenvalue weighted by molar-refractivity contribution is 4.95. The molecule has 1 spiro atoms. The number of rotatable bonds is 7. The molecule has 1 saturated carbocycles. The molecular weight excluding hydrogens is 234 g/mol. The van der Waals surface area contributed by atoms with E-state index in [9.17, 15) is 0 Å². The normalized spacial score (nSPS) is 28.9. The standard InChI is InChI=1S/C17H33NO/c1-3-5-9-16(4-2,14-18)13-15-8-12-17(19-15)10-6-7-11-17/h15H,3-14,18H2,1-2H3. The van der Waals surface area contributed by atoms with Crippen molar-refractivity contribution < 1.29 is 4.74 Å². The number of unbranched alkanes of at least 4 members (excludes halogenated alkanes) is 1. The third-order valence-corrected chi connectivity index (χ3v) is 5.76. The maximum atomic E-state index is 6.49. The summed E-state index contributed by atoms with van der Waals surface area (Å²) in [5.74, 6) is 0. The van der Waals surface area contributed by atoms with E-state index in [4.69, 9.17) is 10.5 Å². The summed E-state index contributed by atoms with van der Waals surface area (Å²) in [6.45, 7) is 5.41. The molecule has 0 aromatic carbocycles. The summed E-state index contributed by atoms with van der Waals surface area (Å²) in [7, 11) is 0. The predicted octanol–water partition coefficient (Wildman–Crippen LogP) is 4.41. The van der Waals surface area contributed by atoms with Crippen LogP contribution in [0.3, 0.4) is 0 Å². The van der Waals surface area contributed by atoms with Gasteiger partial charge in [0.1, 0.15) is 0 Å². The minimum Gasteiger partial charge on any atom is -0.372 e. The first kappa shape index (κ1) is 15.3. The average Bonchev–Trinajstić information content (AvgIpc) is 3.05. The van der Waals surface area contributed by atoms with E-state index in [2.05, 4.69) is 13.8 Å². The smallest absolute Gasteiger partial charge is 0.0687 e. The average molecular weight is 267 g/mol. The predicted molar refractivity (Wildman–Crippen MR) is 81.2 cm³/mol. The Kier molecular flexibility index (Phi) is 5.30. The van der Waals surface area contributed by atoms with Gasteiger partial charge in [-0.25, -0.2) is 0 Å². The Labute approximate surface area is 119 Å². The Morgan fingerprint density at radius 1 is 1.21 bits per heavy atom. The lowest BCUT2D eigenvalue weighted by Crippen LogP contribution is -2.35. The van der Waals surface area contributed by atoms with Crippen LogP contribution in [-0.4, -0.2) is 18.2 Å². The number of hydrogen-bond donors (Lipinski definition) is 1. The second-order valence-electron chi connectivity index (χ2n) is 7.03. The lowest BCUT2D eigenvalue weighted by Gasteiger charge is -2.35. The van der Waals surface area contributed by atoms with E-state index in [0.717, 1.165) is 6.54 Å². The molecule has 2 fully saturated rings. The molecule has 2 heteroatoms. The van der Waals surface area contributed by atoms with Gasteiger partial charge in [0.2, 0.25) is 0 Å². The highest BCUT2D eigenvalue weighted by atomic mass is 16.5. The summed E-state index contributed by atoms with van der Waals surface area (Å²) in [4.78, 5) is 0. The molecule has 2 N–H and O–H groups in total. The molecule has 2 rings (SSSR count). The molecule has 2 unspecified atom stereocenters. The van der Waals surface area contributed by atoms with E-state index in [1.165, 1.54) is 70.6 Å². The minimum atomic E-state index is 0.281. The van der Waals surface area contributed by atoms with Gasteiger partial charge >= 0.3 is 0 Å². The molecule has 112 valence electrons. The molecule has 0 radical (unpaired) electrons. The Morgan fingerprint density at radius 2 is 1.95 bits per heavy atom. The topological polar surface area (TPSA) is 35.2 Å². The number of nitrogens with two attached hydrogens (primary N) is 1. The van der Waals surface area contributed by atoms with Gasteiger partial charge in [-0.2, -0.15) is 0 Å². The van der Waals surface area contributed by atoms with Crippen LogP contribution in [0.2, 0.25) is 0 Å². The molecule has 0 aromatic rings. The highest BCUT2D eigenvalue weighted by Gasteiger charge is 2.44. The summed E-state index contributed by atoms with van der Waals surface area (Å²) in [5.41, 5.74) is 6.75. The first-order chi connectivity index (χ1) is 9.17. The van der Waals surface area contributed by atoms with Crippen LogP contribution in [0, 0.1) is 5.41 Å². The zero-order chi connectivity index (χ0) is 13.8. The second-order valence-corrected chi connectivity index (χ2v) is 7.03. The molecule has 1 saturated heterocycles. The van der Waals surface area contributed by atoms with Crippen molar-refractivity contribution in [1.82, 2.24) is 0 Å². The van der Waals surface area contributed by atoms with Gasteiger partial charge < -0.3 is 10.5 Å². The maximum absolute atomic E-state index is 6.49. The van der Waals surface area contributed by atoms with E-state index >= 15 is 0 Å². The van der Waals surface area contributed by atoms with E-state index in [0.29, 0.717) is 11.5 Å². The fraction of sp³-hybridized carbons (Fsp3) is 1.00. The molecule has 2 nitrogen and oxygen atoms in total. The number of hydrogen-bond acceptors (Lipinski definition) is 2. The fourth-order valence-electron chi connectivity index (χ4n) is 4.21. The van der Waals surface area contributed by atoms with Gasteiger partial charge in [0.15, 0.2) is 0 Å². The molecule has 2 atom stereocenters. The lowest BCUT2D eigenvalue weighted by atomic mass is 9.75. The fourth-order valence-corrected chi connectivity index (χ4v) is 4.21. The quantitative estimate of drug-likeness (QED) is 0.741. The van der Waals surface area contributed by atoms with Gasteiger partial charge in [0, 0.05) is 0 Å². The van der Waals surface area contributed by atoms with E-state index in [1.807, 2.05) is 0 Å². The summed E-state index contributed by atoms with van der Waals surface area (Å²) in [6, 6.07) is 0. The van der Waals surface area contributed by atoms with Crippen LogP contribution in [0.4, 0.5) is 0 Å². The Hall–Kier alpha value is -0.0800. The molecule has 0 amide bonds. The Morgan fingerprint density at radius 3 is 2.53 bits per heavy atom. The summed E-state index contributed by atoms with van der Waals surface area (Å²) in [6.07, 6.45) is 14.7. The van der Waals surface area contributed by atoms with Crippen molar-refractivity contribution in [2.75, 3.05) is 6.54 Å². The van der Waals surface area contributed by atoms with Crippen molar-refractivity contribution >= 4 is 0 Å². The lowest BCUT2D eigenvalue weighted by molar-refractivity contribution is -0.0543. The highest BCUT2D eigenvalue weighted by Crippen LogP contribution is 2.46. The molecule has 1 heterocycles. The van der Waals surface area contributed by atoms with Crippen LogP contribution in [0.25, 0.3) is 0 Å². The third-order valence-electron chi connectivity index (χ3n) is 5.76. The minimum absolute atomic E-state index is 0.281.